The van der Waals surface area contributed by atoms with Crippen molar-refractivity contribution in [3.8, 4) is 11.5 Å². The molecule has 2 aliphatic rings. The van der Waals surface area contributed by atoms with Crippen LogP contribution in [0.2, 0.25) is 0 Å². The molecule has 0 saturated heterocycles. The average molecular weight is 379 g/mol. The van der Waals surface area contributed by atoms with E-state index in [4.69, 9.17) is 9.47 Å². The zero-order chi connectivity index (χ0) is 19.8. The molecule has 2 aromatic rings. The topological polar surface area (TPSA) is 71.1 Å². The lowest BCUT2D eigenvalue weighted by atomic mass is 10.0. The molecule has 0 radical (unpaired) electrons. The number of carbonyl (C=O) groups excluding carboxylic acids is 2. The highest BCUT2D eigenvalue weighted by molar-refractivity contribution is 6.26. The predicted octanol–water partition coefficient (Wildman–Crippen LogP) is 2.78. The maximum Gasteiger partial charge on any atom is 0.263 e. The highest BCUT2D eigenvalue weighted by Crippen LogP contribution is 2.48. The number of fused-ring (bicyclic) bond motifs is 3. The summed E-state index contributed by atoms with van der Waals surface area (Å²) >= 11 is 0. The number of benzene rings is 2. The molecular weight excluding hydrogens is 358 g/mol. The van der Waals surface area contributed by atoms with Gasteiger partial charge in [0.05, 0.1) is 19.9 Å². The van der Waals surface area contributed by atoms with Gasteiger partial charge in [-0.3, -0.25) is 9.59 Å². The van der Waals surface area contributed by atoms with Gasteiger partial charge in [0, 0.05) is 25.7 Å². The Morgan fingerprint density at radius 3 is 2.50 bits per heavy atom. The number of amides is 1. The van der Waals surface area contributed by atoms with Crippen LogP contribution < -0.4 is 24.6 Å². The van der Waals surface area contributed by atoms with Crippen molar-refractivity contribution >= 4 is 28.8 Å². The number of hydrogen-bond donors (Lipinski definition) is 1. The predicted molar refractivity (Wildman–Crippen MR) is 107 cm³/mol. The molecule has 144 valence electrons. The normalized spacial score (nSPS) is 15.3. The molecule has 4 rings (SSSR count). The molecule has 7 heteroatoms. The lowest BCUT2D eigenvalue weighted by molar-refractivity contribution is -0.120. The number of ether oxygens (including phenoxy) is 2. The molecule has 2 heterocycles. The van der Waals surface area contributed by atoms with Gasteiger partial charge in [-0.1, -0.05) is 6.07 Å². The van der Waals surface area contributed by atoms with Crippen LogP contribution in [0.25, 0.3) is 0 Å². The van der Waals surface area contributed by atoms with E-state index in [1.54, 1.807) is 38.5 Å². The minimum atomic E-state index is -0.423. The molecule has 0 fully saturated rings. The number of Topliss-reactive ketones (excluding diaryl/α,β-unsaturated/α-hetero) is 1. The molecule has 0 unspecified atom stereocenters. The van der Waals surface area contributed by atoms with E-state index < -0.39 is 5.91 Å². The summed E-state index contributed by atoms with van der Waals surface area (Å²) in [6, 6.07) is 12.7. The molecule has 0 aliphatic carbocycles. The Morgan fingerprint density at radius 2 is 1.82 bits per heavy atom. The van der Waals surface area contributed by atoms with Crippen molar-refractivity contribution in [2.75, 3.05) is 42.9 Å². The van der Waals surface area contributed by atoms with Crippen molar-refractivity contribution in [3.63, 3.8) is 0 Å². The number of carbonyl (C=O) groups is 2. The lowest BCUT2D eigenvalue weighted by Crippen LogP contribution is -2.39. The van der Waals surface area contributed by atoms with Gasteiger partial charge in [0.1, 0.15) is 28.6 Å². The first-order chi connectivity index (χ1) is 13.5. The molecule has 0 aromatic heterocycles. The first-order valence-corrected chi connectivity index (χ1v) is 8.96. The number of anilines is 3. The Hall–Kier alpha value is -3.48. The Bertz CT molecular complexity index is 982. The first-order valence-electron chi connectivity index (χ1n) is 8.96. The molecular formula is C21H21N3O4. The van der Waals surface area contributed by atoms with Crippen LogP contribution in [-0.4, -0.2) is 39.5 Å². The SMILES string of the molecule is COc1ccc(NC(=O)C2=C3N(C)c4c(OC)cccc4N3CCC2=O)cc1. The number of rotatable bonds is 4. The second-order valence-corrected chi connectivity index (χ2v) is 6.59. The van der Waals surface area contributed by atoms with Gasteiger partial charge in [0.15, 0.2) is 5.78 Å². The van der Waals surface area contributed by atoms with E-state index in [0.717, 1.165) is 11.4 Å². The fourth-order valence-corrected chi connectivity index (χ4v) is 3.72. The molecule has 0 spiro atoms. The molecule has 7 nitrogen and oxygen atoms in total. The van der Waals surface area contributed by atoms with Gasteiger partial charge in [0.2, 0.25) is 0 Å². The van der Waals surface area contributed by atoms with E-state index in [1.165, 1.54) is 0 Å². The summed E-state index contributed by atoms with van der Waals surface area (Å²) in [7, 11) is 5.03. The molecule has 0 saturated carbocycles. The van der Waals surface area contributed by atoms with Gasteiger partial charge in [0.25, 0.3) is 5.91 Å². The fourth-order valence-electron chi connectivity index (χ4n) is 3.72. The van der Waals surface area contributed by atoms with Crippen LogP contribution in [0.4, 0.5) is 17.1 Å². The Morgan fingerprint density at radius 1 is 1.07 bits per heavy atom. The van der Waals surface area contributed by atoms with Gasteiger partial charge in [-0.15, -0.1) is 0 Å². The zero-order valence-electron chi connectivity index (χ0n) is 16.0. The van der Waals surface area contributed by atoms with Crippen molar-refractivity contribution in [2.24, 2.45) is 0 Å². The molecule has 0 atom stereocenters. The summed E-state index contributed by atoms with van der Waals surface area (Å²) in [5, 5.41) is 2.82. The van der Waals surface area contributed by atoms with Crippen LogP contribution in [0.5, 0.6) is 11.5 Å². The van der Waals surface area contributed by atoms with Crippen molar-refractivity contribution in [1.82, 2.24) is 0 Å². The molecule has 1 N–H and O–H groups in total. The van der Waals surface area contributed by atoms with Gasteiger partial charge in [-0.25, -0.2) is 0 Å². The Balaban J connectivity index is 1.73. The maximum absolute atomic E-state index is 13.0. The minimum Gasteiger partial charge on any atom is -0.497 e. The molecule has 28 heavy (non-hydrogen) atoms. The third-order valence-electron chi connectivity index (χ3n) is 5.04. The second kappa shape index (κ2) is 6.92. The molecule has 1 amide bonds. The van der Waals surface area contributed by atoms with E-state index in [9.17, 15) is 9.59 Å². The highest BCUT2D eigenvalue weighted by atomic mass is 16.5. The Kier molecular flexibility index (Phi) is 4.43. The maximum atomic E-state index is 13.0. The van der Waals surface area contributed by atoms with Gasteiger partial charge < -0.3 is 24.6 Å². The van der Waals surface area contributed by atoms with Crippen LogP contribution >= 0.6 is 0 Å². The lowest BCUT2D eigenvalue weighted by Gasteiger charge is -2.29. The van der Waals surface area contributed by atoms with E-state index in [-0.39, 0.29) is 17.8 Å². The number of para-hydroxylation sites is 1. The van der Waals surface area contributed by atoms with Crippen LogP contribution in [0, 0.1) is 0 Å². The van der Waals surface area contributed by atoms with Crippen molar-refractivity contribution in [3.05, 3.63) is 53.9 Å². The van der Waals surface area contributed by atoms with Crippen molar-refractivity contribution < 1.29 is 19.1 Å². The largest absolute Gasteiger partial charge is 0.497 e. The van der Waals surface area contributed by atoms with Crippen LogP contribution in [0.3, 0.4) is 0 Å². The second-order valence-electron chi connectivity index (χ2n) is 6.59. The summed E-state index contributed by atoms with van der Waals surface area (Å²) in [6.07, 6.45) is 0.277. The fraction of sp³-hybridized carbons (Fsp3) is 0.238. The van der Waals surface area contributed by atoms with Crippen molar-refractivity contribution in [1.29, 1.82) is 0 Å². The van der Waals surface area contributed by atoms with Crippen LogP contribution in [0.1, 0.15) is 6.42 Å². The van der Waals surface area contributed by atoms with Gasteiger partial charge in [-0.05, 0) is 36.4 Å². The summed E-state index contributed by atoms with van der Waals surface area (Å²) in [4.78, 5) is 29.6. The zero-order valence-corrected chi connectivity index (χ0v) is 16.0. The first kappa shape index (κ1) is 17.9. The van der Waals surface area contributed by atoms with Crippen molar-refractivity contribution in [2.45, 2.75) is 6.42 Å². The van der Waals surface area contributed by atoms with Gasteiger partial charge >= 0.3 is 0 Å². The number of hydrogen-bond acceptors (Lipinski definition) is 6. The van der Waals surface area contributed by atoms with E-state index in [1.807, 2.05) is 35.0 Å². The summed E-state index contributed by atoms with van der Waals surface area (Å²) < 4.78 is 10.6. The quantitative estimate of drug-likeness (QED) is 0.824. The standard InChI is InChI=1S/C21H21N3O4/c1-23-19-15(5-4-6-17(19)28-3)24-12-11-16(25)18(21(23)24)20(26)22-13-7-9-14(27-2)10-8-13/h4-10H,11-12H2,1-3H3,(H,22,26). The monoisotopic (exact) mass is 379 g/mol. The van der Waals surface area contributed by atoms with E-state index in [0.29, 0.717) is 29.6 Å². The Labute approximate surface area is 163 Å². The summed E-state index contributed by atoms with van der Waals surface area (Å²) in [6.45, 7) is 0.526. The van der Waals surface area contributed by atoms with Crippen LogP contribution in [-0.2, 0) is 9.59 Å². The smallest absolute Gasteiger partial charge is 0.263 e. The number of nitrogens with zero attached hydrogens (tertiary/aromatic N) is 2. The third kappa shape index (κ3) is 2.76. The summed E-state index contributed by atoms with van der Waals surface area (Å²) in [5.74, 6) is 1.38. The molecule has 2 aliphatic heterocycles. The van der Waals surface area contributed by atoms with E-state index in [2.05, 4.69) is 5.32 Å². The molecule has 0 bridgehead atoms. The van der Waals surface area contributed by atoms with E-state index >= 15 is 0 Å². The third-order valence-corrected chi connectivity index (χ3v) is 5.04. The minimum absolute atomic E-state index is 0.155. The molecule has 2 aromatic carbocycles. The number of methoxy groups -OCH3 is 2. The van der Waals surface area contributed by atoms with Gasteiger partial charge in [-0.2, -0.15) is 0 Å². The number of ketones is 1. The highest BCUT2D eigenvalue weighted by Gasteiger charge is 2.40. The van der Waals surface area contributed by atoms with Crippen LogP contribution in [0.15, 0.2) is 53.9 Å². The average Bonchev–Trinajstić information content (AvgIpc) is 3.01. The summed E-state index contributed by atoms with van der Waals surface area (Å²) in [5.41, 5.74) is 2.53. The number of nitrogens with one attached hydrogen (secondary N) is 1.